The highest BCUT2D eigenvalue weighted by molar-refractivity contribution is 5.95. The zero-order chi connectivity index (χ0) is 14.1. The summed E-state index contributed by atoms with van der Waals surface area (Å²) in [4.78, 5) is 11.5. The average molecular weight is 266 g/mol. The molecule has 0 aromatic heterocycles. The Labute approximate surface area is 114 Å². The maximum absolute atomic E-state index is 11.5. The molecule has 1 aromatic rings. The molecule has 5 nitrogen and oxygen atoms in total. The molecule has 0 spiro atoms. The standard InChI is InChI=1S/C14H22N2O3/c1-11(2)9-18-7-8-19-10-12-5-3-4-6-13(12)14(17)16-15/h3-6,11H,7-10,15H2,1-2H3,(H,16,17). The van der Waals surface area contributed by atoms with Crippen LogP contribution in [0.5, 0.6) is 0 Å². The molecule has 0 atom stereocenters. The molecule has 1 amide bonds. The molecule has 3 N–H and O–H groups in total. The minimum atomic E-state index is -0.310. The van der Waals surface area contributed by atoms with Crippen LogP contribution in [0.3, 0.4) is 0 Å². The van der Waals surface area contributed by atoms with Gasteiger partial charge in [-0.25, -0.2) is 5.84 Å². The van der Waals surface area contributed by atoms with Crippen molar-refractivity contribution in [3.05, 3.63) is 35.4 Å². The van der Waals surface area contributed by atoms with Crippen LogP contribution >= 0.6 is 0 Å². The van der Waals surface area contributed by atoms with E-state index in [0.717, 1.165) is 12.2 Å². The van der Waals surface area contributed by atoms with E-state index in [1.807, 2.05) is 12.1 Å². The van der Waals surface area contributed by atoms with Crippen molar-refractivity contribution in [3.8, 4) is 0 Å². The fraction of sp³-hybridized carbons (Fsp3) is 0.500. The van der Waals surface area contributed by atoms with Gasteiger partial charge in [0.2, 0.25) is 0 Å². The minimum Gasteiger partial charge on any atom is -0.379 e. The van der Waals surface area contributed by atoms with Gasteiger partial charge in [0.05, 0.1) is 19.8 Å². The number of carbonyl (C=O) groups excluding carboxylic acids is 1. The van der Waals surface area contributed by atoms with Crippen LogP contribution in [0.2, 0.25) is 0 Å². The van der Waals surface area contributed by atoms with Crippen LogP contribution in [0.25, 0.3) is 0 Å². The summed E-state index contributed by atoms with van der Waals surface area (Å²) in [5.41, 5.74) is 3.48. The number of hydrogen-bond donors (Lipinski definition) is 2. The van der Waals surface area contributed by atoms with Crippen molar-refractivity contribution in [2.45, 2.75) is 20.5 Å². The molecule has 0 bridgehead atoms. The molecule has 0 saturated heterocycles. The second kappa shape index (κ2) is 8.63. The largest absolute Gasteiger partial charge is 0.379 e. The van der Waals surface area contributed by atoms with E-state index >= 15 is 0 Å². The fourth-order valence-electron chi connectivity index (χ4n) is 1.56. The number of hydrogen-bond acceptors (Lipinski definition) is 4. The molecule has 0 unspecified atom stereocenters. The monoisotopic (exact) mass is 266 g/mol. The summed E-state index contributed by atoms with van der Waals surface area (Å²) in [5, 5.41) is 0. The third-order valence-corrected chi connectivity index (χ3v) is 2.47. The third-order valence-electron chi connectivity index (χ3n) is 2.47. The molecular formula is C14H22N2O3. The van der Waals surface area contributed by atoms with E-state index in [9.17, 15) is 4.79 Å². The number of carbonyl (C=O) groups is 1. The van der Waals surface area contributed by atoms with Gasteiger partial charge in [-0.15, -0.1) is 0 Å². The quantitative estimate of drug-likeness (QED) is 0.323. The van der Waals surface area contributed by atoms with Crippen LogP contribution < -0.4 is 11.3 Å². The van der Waals surface area contributed by atoms with E-state index in [2.05, 4.69) is 19.3 Å². The Morgan fingerprint density at radius 2 is 1.95 bits per heavy atom. The Morgan fingerprint density at radius 3 is 2.63 bits per heavy atom. The van der Waals surface area contributed by atoms with Crippen molar-refractivity contribution in [2.75, 3.05) is 19.8 Å². The zero-order valence-corrected chi connectivity index (χ0v) is 11.5. The van der Waals surface area contributed by atoms with Gasteiger partial charge >= 0.3 is 0 Å². The van der Waals surface area contributed by atoms with E-state index in [4.69, 9.17) is 15.3 Å². The summed E-state index contributed by atoms with van der Waals surface area (Å²) in [6.07, 6.45) is 0. The van der Waals surface area contributed by atoms with Gasteiger partial charge in [-0.05, 0) is 17.5 Å². The summed E-state index contributed by atoms with van der Waals surface area (Å²) in [7, 11) is 0. The summed E-state index contributed by atoms with van der Waals surface area (Å²) >= 11 is 0. The second-order valence-corrected chi connectivity index (χ2v) is 4.65. The van der Waals surface area contributed by atoms with Gasteiger partial charge < -0.3 is 9.47 Å². The molecule has 0 aliphatic rings. The second-order valence-electron chi connectivity index (χ2n) is 4.65. The molecule has 19 heavy (non-hydrogen) atoms. The first kappa shape index (κ1) is 15.6. The highest BCUT2D eigenvalue weighted by atomic mass is 16.5. The topological polar surface area (TPSA) is 73.6 Å². The van der Waals surface area contributed by atoms with Crippen LogP contribution in [0.4, 0.5) is 0 Å². The van der Waals surface area contributed by atoms with E-state index < -0.39 is 0 Å². The van der Waals surface area contributed by atoms with Crippen molar-refractivity contribution >= 4 is 5.91 Å². The van der Waals surface area contributed by atoms with Gasteiger partial charge in [0.25, 0.3) is 5.91 Å². The van der Waals surface area contributed by atoms with E-state index in [0.29, 0.717) is 31.3 Å². The fourth-order valence-corrected chi connectivity index (χ4v) is 1.56. The smallest absolute Gasteiger partial charge is 0.265 e. The average Bonchev–Trinajstić information content (AvgIpc) is 2.42. The minimum absolute atomic E-state index is 0.310. The van der Waals surface area contributed by atoms with Gasteiger partial charge in [-0.1, -0.05) is 32.0 Å². The first-order valence-corrected chi connectivity index (χ1v) is 6.39. The molecule has 0 aliphatic heterocycles. The Balaban J connectivity index is 2.35. The van der Waals surface area contributed by atoms with E-state index in [1.54, 1.807) is 12.1 Å². The number of benzene rings is 1. The Kier molecular flexibility index (Phi) is 7.10. The summed E-state index contributed by atoms with van der Waals surface area (Å²) in [5.74, 6) is 5.35. The molecule has 0 fully saturated rings. The first-order valence-electron chi connectivity index (χ1n) is 6.39. The lowest BCUT2D eigenvalue weighted by molar-refractivity contribution is 0.0312. The molecule has 0 radical (unpaired) electrons. The van der Waals surface area contributed by atoms with Crippen molar-refractivity contribution in [3.63, 3.8) is 0 Å². The Morgan fingerprint density at radius 1 is 1.26 bits per heavy atom. The SMILES string of the molecule is CC(C)COCCOCc1ccccc1C(=O)NN. The number of nitrogens with one attached hydrogen (secondary N) is 1. The first-order chi connectivity index (χ1) is 9.15. The predicted molar refractivity (Wildman–Crippen MR) is 73.4 cm³/mol. The maximum atomic E-state index is 11.5. The van der Waals surface area contributed by atoms with Crippen LogP contribution in [-0.4, -0.2) is 25.7 Å². The predicted octanol–water partition coefficient (Wildman–Crippen LogP) is 1.48. The number of nitrogens with two attached hydrogens (primary N) is 1. The molecule has 1 rings (SSSR count). The van der Waals surface area contributed by atoms with Gasteiger partial charge in [0, 0.05) is 12.2 Å². The summed E-state index contributed by atoms with van der Waals surface area (Å²) in [6.45, 7) is 6.37. The summed E-state index contributed by atoms with van der Waals surface area (Å²) in [6, 6.07) is 7.22. The van der Waals surface area contributed by atoms with Gasteiger partial charge in [0.15, 0.2) is 0 Å². The number of rotatable bonds is 8. The molecule has 106 valence electrons. The van der Waals surface area contributed by atoms with Crippen molar-refractivity contribution in [2.24, 2.45) is 11.8 Å². The molecule has 0 heterocycles. The Bertz CT molecular complexity index is 394. The summed E-state index contributed by atoms with van der Waals surface area (Å²) < 4.78 is 10.9. The van der Waals surface area contributed by atoms with Crippen LogP contribution in [0.1, 0.15) is 29.8 Å². The van der Waals surface area contributed by atoms with Crippen LogP contribution in [0.15, 0.2) is 24.3 Å². The lowest BCUT2D eigenvalue weighted by Gasteiger charge is -2.10. The molecule has 5 heteroatoms. The number of nitrogen functional groups attached to an aromatic ring is 1. The van der Waals surface area contributed by atoms with Crippen LogP contribution in [-0.2, 0) is 16.1 Å². The lowest BCUT2D eigenvalue weighted by atomic mass is 10.1. The lowest BCUT2D eigenvalue weighted by Crippen LogP contribution is -2.30. The van der Waals surface area contributed by atoms with Gasteiger partial charge in [-0.3, -0.25) is 10.2 Å². The van der Waals surface area contributed by atoms with Crippen molar-refractivity contribution in [1.29, 1.82) is 0 Å². The van der Waals surface area contributed by atoms with Crippen molar-refractivity contribution in [1.82, 2.24) is 5.43 Å². The number of amides is 1. The normalized spacial score (nSPS) is 10.7. The van der Waals surface area contributed by atoms with Crippen molar-refractivity contribution < 1.29 is 14.3 Å². The van der Waals surface area contributed by atoms with E-state index in [1.165, 1.54) is 0 Å². The van der Waals surface area contributed by atoms with Gasteiger partial charge in [-0.2, -0.15) is 0 Å². The Hall–Kier alpha value is -1.43. The number of ether oxygens (including phenoxy) is 2. The molecule has 0 aliphatic carbocycles. The third kappa shape index (κ3) is 5.83. The molecular weight excluding hydrogens is 244 g/mol. The zero-order valence-electron chi connectivity index (χ0n) is 11.5. The van der Waals surface area contributed by atoms with Crippen LogP contribution in [0, 0.1) is 5.92 Å². The van der Waals surface area contributed by atoms with Gasteiger partial charge in [0.1, 0.15) is 0 Å². The van der Waals surface area contributed by atoms with E-state index in [-0.39, 0.29) is 5.91 Å². The molecule has 1 aromatic carbocycles. The molecule has 0 saturated carbocycles. The maximum Gasteiger partial charge on any atom is 0.265 e. The number of hydrazine groups is 1. The highest BCUT2D eigenvalue weighted by Crippen LogP contribution is 2.09. The highest BCUT2D eigenvalue weighted by Gasteiger charge is 2.08.